The van der Waals surface area contributed by atoms with Crippen LogP contribution in [0.2, 0.25) is 0 Å². The second-order valence-electron chi connectivity index (χ2n) is 2.55. The summed E-state index contributed by atoms with van der Waals surface area (Å²) in [6.45, 7) is 0. The van der Waals surface area contributed by atoms with E-state index < -0.39 is 0 Å². The molecule has 0 atom stereocenters. The van der Waals surface area contributed by atoms with Crippen molar-refractivity contribution >= 4 is 32.6 Å². The van der Waals surface area contributed by atoms with Crippen LogP contribution in [0.1, 0.15) is 0 Å². The van der Waals surface area contributed by atoms with Crippen molar-refractivity contribution in [3.05, 3.63) is 28.9 Å². The third-order valence-electron chi connectivity index (χ3n) is 1.79. The van der Waals surface area contributed by atoms with Crippen molar-refractivity contribution in [1.29, 1.82) is 0 Å². The van der Waals surface area contributed by atoms with E-state index in [0.29, 0.717) is 0 Å². The highest BCUT2D eigenvalue weighted by molar-refractivity contribution is 9.10. The van der Waals surface area contributed by atoms with Crippen molar-refractivity contribution in [2.75, 3.05) is 12.4 Å². The molecule has 12 heavy (non-hydrogen) atoms. The average Bonchev–Trinajstić information content (AvgIpc) is 2.46. The summed E-state index contributed by atoms with van der Waals surface area (Å²) in [6.07, 6.45) is 1.74. The fraction of sp³-hybridized carbons (Fsp3) is 0.111. The molecule has 62 valence electrons. The molecule has 0 aliphatic rings. The Balaban J connectivity index is 2.75. The van der Waals surface area contributed by atoms with Crippen molar-refractivity contribution in [3.63, 3.8) is 0 Å². The van der Waals surface area contributed by atoms with Crippen LogP contribution >= 0.6 is 15.9 Å². The lowest BCUT2D eigenvalue weighted by atomic mass is 10.2. The minimum Gasteiger partial charge on any atom is -0.448 e. The molecule has 0 aliphatic carbocycles. The largest absolute Gasteiger partial charge is 0.448 e. The summed E-state index contributed by atoms with van der Waals surface area (Å²) >= 11 is 3.41. The first kappa shape index (κ1) is 7.68. The molecule has 0 fully saturated rings. The lowest BCUT2D eigenvalue weighted by molar-refractivity contribution is 0.588. The Labute approximate surface area is 78.7 Å². The minimum atomic E-state index is 0.811. The zero-order chi connectivity index (χ0) is 8.55. The molecule has 1 aromatic heterocycles. The lowest BCUT2D eigenvalue weighted by Crippen LogP contribution is -1.84. The topological polar surface area (TPSA) is 25.2 Å². The first-order chi connectivity index (χ1) is 5.81. The molecule has 2 nitrogen and oxygen atoms in total. The molecule has 1 aromatic carbocycles. The van der Waals surface area contributed by atoms with Crippen LogP contribution in [0.25, 0.3) is 10.8 Å². The van der Waals surface area contributed by atoms with Gasteiger partial charge in [0.15, 0.2) is 5.88 Å². The number of hydrogen-bond acceptors (Lipinski definition) is 2. The van der Waals surface area contributed by atoms with Crippen LogP contribution in [0.3, 0.4) is 0 Å². The Bertz CT molecular complexity index is 408. The van der Waals surface area contributed by atoms with Gasteiger partial charge in [-0.05, 0) is 18.2 Å². The van der Waals surface area contributed by atoms with Crippen LogP contribution in [-0.4, -0.2) is 7.05 Å². The molecule has 0 saturated carbocycles. The van der Waals surface area contributed by atoms with Gasteiger partial charge in [-0.15, -0.1) is 0 Å². The maximum Gasteiger partial charge on any atom is 0.200 e. The Kier molecular flexibility index (Phi) is 1.81. The molecule has 1 heterocycles. The quantitative estimate of drug-likeness (QED) is 0.807. The summed E-state index contributed by atoms with van der Waals surface area (Å²) in [5.41, 5.74) is 0. The van der Waals surface area contributed by atoms with Gasteiger partial charge in [-0.2, -0.15) is 0 Å². The highest BCUT2D eigenvalue weighted by atomic mass is 79.9. The smallest absolute Gasteiger partial charge is 0.200 e. The van der Waals surface area contributed by atoms with Crippen molar-refractivity contribution in [2.24, 2.45) is 0 Å². The maximum absolute atomic E-state index is 5.29. The number of nitrogens with one attached hydrogen (secondary N) is 1. The molecular formula is C9H8BrNO. The van der Waals surface area contributed by atoms with Crippen molar-refractivity contribution in [3.8, 4) is 0 Å². The van der Waals surface area contributed by atoms with Crippen molar-refractivity contribution < 1.29 is 4.42 Å². The first-order valence-electron chi connectivity index (χ1n) is 3.66. The first-order valence-corrected chi connectivity index (χ1v) is 4.45. The number of furan rings is 1. The second kappa shape index (κ2) is 2.83. The standard InChI is InChI=1S/C9H8BrNO/c1-11-9-8-4-7(10)3-2-6(8)5-12-9/h2-5,11H,1H3. The van der Waals surface area contributed by atoms with Gasteiger partial charge in [-0.3, -0.25) is 0 Å². The van der Waals surface area contributed by atoms with E-state index in [4.69, 9.17) is 4.42 Å². The molecule has 0 radical (unpaired) electrons. The third-order valence-corrected chi connectivity index (χ3v) is 2.28. The summed E-state index contributed by atoms with van der Waals surface area (Å²) in [6, 6.07) is 6.05. The fourth-order valence-corrected chi connectivity index (χ4v) is 1.57. The van der Waals surface area contributed by atoms with Gasteiger partial charge in [0, 0.05) is 22.3 Å². The zero-order valence-electron chi connectivity index (χ0n) is 6.60. The van der Waals surface area contributed by atoms with E-state index >= 15 is 0 Å². The lowest BCUT2D eigenvalue weighted by Gasteiger charge is -1.94. The SMILES string of the molecule is CNc1occ2ccc(Br)cc12. The molecule has 2 rings (SSSR count). The monoisotopic (exact) mass is 225 g/mol. The van der Waals surface area contributed by atoms with Gasteiger partial charge >= 0.3 is 0 Å². The van der Waals surface area contributed by atoms with Crippen LogP contribution in [0.15, 0.2) is 33.4 Å². The normalized spacial score (nSPS) is 10.5. The van der Waals surface area contributed by atoms with Gasteiger partial charge in [0.2, 0.25) is 0 Å². The number of hydrogen-bond donors (Lipinski definition) is 1. The summed E-state index contributed by atoms with van der Waals surface area (Å²) in [5.74, 6) is 0.811. The van der Waals surface area contributed by atoms with Crippen LogP contribution in [0.5, 0.6) is 0 Å². The van der Waals surface area contributed by atoms with E-state index in [1.165, 1.54) is 0 Å². The molecule has 0 spiro atoms. The van der Waals surface area contributed by atoms with Gasteiger partial charge < -0.3 is 9.73 Å². The number of halogens is 1. The van der Waals surface area contributed by atoms with E-state index in [-0.39, 0.29) is 0 Å². The molecule has 1 N–H and O–H groups in total. The average molecular weight is 226 g/mol. The number of rotatable bonds is 1. The maximum atomic E-state index is 5.29. The predicted molar refractivity (Wildman–Crippen MR) is 53.5 cm³/mol. The van der Waals surface area contributed by atoms with E-state index in [9.17, 15) is 0 Å². The van der Waals surface area contributed by atoms with Gasteiger partial charge in [-0.25, -0.2) is 0 Å². The van der Waals surface area contributed by atoms with E-state index in [0.717, 1.165) is 21.1 Å². The molecule has 0 bridgehead atoms. The van der Waals surface area contributed by atoms with Gasteiger partial charge in [0.05, 0.1) is 0 Å². The molecule has 2 aromatic rings. The van der Waals surface area contributed by atoms with Crippen LogP contribution < -0.4 is 5.32 Å². The number of fused-ring (bicyclic) bond motifs is 1. The minimum absolute atomic E-state index is 0.811. The van der Waals surface area contributed by atoms with Gasteiger partial charge in [0.1, 0.15) is 6.26 Å². The highest BCUT2D eigenvalue weighted by Gasteiger charge is 2.03. The second-order valence-corrected chi connectivity index (χ2v) is 3.46. The fourth-order valence-electron chi connectivity index (χ4n) is 1.21. The van der Waals surface area contributed by atoms with Crippen LogP contribution in [-0.2, 0) is 0 Å². The Morgan fingerprint density at radius 3 is 3.00 bits per heavy atom. The molecule has 0 amide bonds. The van der Waals surface area contributed by atoms with Crippen molar-refractivity contribution in [1.82, 2.24) is 0 Å². The number of benzene rings is 1. The van der Waals surface area contributed by atoms with Crippen LogP contribution in [0.4, 0.5) is 5.88 Å². The van der Waals surface area contributed by atoms with Gasteiger partial charge in [-0.1, -0.05) is 15.9 Å². The molecule has 0 aliphatic heterocycles. The summed E-state index contributed by atoms with van der Waals surface area (Å²) in [4.78, 5) is 0. The van der Waals surface area contributed by atoms with Crippen LogP contribution in [0, 0.1) is 0 Å². The Hall–Kier alpha value is -0.960. The van der Waals surface area contributed by atoms with E-state index in [1.54, 1.807) is 6.26 Å². The molecule has 0 saturated heterocycles. The Morgan fingerprint density at radius 1 is 1.42 bits per heavy atom. The summed E-state index contributed by atoms with van der Waals surface area (Å²) in [5, 5.41) is 5.21. The molecule has 0 unspecified atom stereocenters. The Morgan fingerprint density at radius 2 is 2.25 bits per heavy atom. The molecule has 3 heteroatoms. The van der Waals surface area contributed by atoms with Crippen molar-refractivity contribution in [2.45, 2.75) is 0 Å². The van der Waals surface area contributed by atoms with E-state index in [1.807, 2.05) is 25.2 Å². The zero-order valence-corrected chi connectivity index (χ0v) is 8.18. The summed E-state index contributed by atoms with van der Waals surface area (Å²) < 4.78 is 6.35. The predicted octanol–water partition coefficient (Wildman–Crippen LogP) is 3.24. The third kappa shape index (κ3) is 1.10. The summed E-state index contributed by atoms with van der Waals surface area (Å²) in [7, 11) is 1.85. The van der Waals surface area contributed by atoms with Gasteiger partial charge in [0.25, 0.3) is 0 Å². The highest BCUT2D eigenvalue weighted by Crippen LogP contribution is 2.27. The van der Waals surface area contributed by atoms with E-state index in [2.05, 4.69) is 21.2 Å². The number of anilines is 1. The molecular weight excluding hydrogens is 218 g/mol.